The van der Waals surface area contributed by atoms with E-state index in [4.69, 9.17) is 0 Å². The van der Waals surface area contributed by atoms with Crippen LogP contribution in [0.4, 0.5) is 0 Å². The summed E-state index contributed by atoms with van der Waals surface area (Å²) in [5.41, 5.74) is 2.38. The van der Waals surface area contributed by atoms with Crippen LogP contribution in [0, 0.1) is 5.92 Å². The molecule has 1 aromatic heterocycles. The molecule has 4 nitrogen and oxygen atoms in total. The van der Waals surface area contributed by atoms with Crippen LogP contribution in [0.1, 0.15) is 18.4 Å². The Morgan fingerprint density at radius 3 is 3.06 bits per heavy atom. The molecule has 1 aromatic carbocycles. The zero-order chi connectivity index (χ0) is 11.5. The predicted octanol–water partition coefficient (Wildman–Crippen LogP) is 1.97. The van der Waals surface area contributed by atoms with Crippen molar-refractivity contribution >= 4 is 0 Å². The van der Waals surface area contributed by atoms with E-state index < -0.39 is 0 Å². The van der Waals surface area contributed by atoms with Crippen LogP contribution in [0.2, 0.25) is 0 Å². The molecule has 3 rings (SSSR count). The van der Waals surface area contributed by atoms with Gasteiger partial charge in [0.15, 0.2) is 5.82 Å². The van der Waals surface area contributed by atoms with Crippen molar-refractivity contribution in [2.24, 2.45) is 5.92 Å². The molecule has 2 N–H and O–H groups in total. The molecule has 0 amide bonds. The summed E-state index contributed by atoms with van der Waals surface area (Å²) in [4.78, 5) is 4.16. The normalized spacial score (nSPS) is 15.1. The molecule has 88 valence electrons. The second kappa shape index (κ2) is 4.67. The smallest absolute Gasteiger partial charge is 0.155 e. The predicted molar refractivity (Wildman–Crippen MR) is 66.2 cm³/mol. The molecule has 0 spiro atoms. The van der Waals surface area contributed by atoms with Crippen LogP contribution in [0.5, 0.6) is 0 Å². The van der Waals surface area contributed by atoms with Gasteiger partial charge in [0.25, 0.3) is 0 Å². The van der Waals surface area contributed by atoms with Gasteiger partial charge in [0, 0.05) is 12.1 Å². The van der Waals surface area contributed by atoms with Gasteiger partial charge in [-0.3, -0.25) is 5.10 Å². The largest absolute Gasteiger partial charge is 0.312 e. The first-order valence-corrected chi connectivity index (χ1v) is 6.07. The van der Waals surface area contributed by atoms with Gasteiger partial charge in [-0.05, 0) is 36.9 Å². The maximum absolute atomic E-state index is 4.16. The Morgan fingerprint density at radius 2 is 2.29 bits per heavy atom. The van der Waals surface area contributed by atoms with Gasteiger partial charge < -0.3 is 5.32 Å². The molecule has 0 atom stereocenters. The van der Waals surface area contributed by atoms with E-state index in [2.05, 4.69) is 38.7 Å². The molecule has 0 radical (unpaired) electrons. The molecule has 1 aliphatic carbocycles. The van der Waals surface area contributed by atoms with Crippen molar-refractivity contribution in [2.75, 3.05) is 6.54 Å². The summed E-state index contributed by atoms with van der Waals surface area (Å²) >= 11 is 0. The second-order valence-corrected chi connectivity index (χ2v) is 4.61. The third kappa shape index (κ3) is 2.71. The average molecular weight is 228 g/mol. The SMILES string of the molecule is c1cc(CNCC2CC2)cc(-c2ncn[nH]2)c1. The summed E-state index contributed by atoms with van der Waals surface area (Å²) < 4.78 is 0. The fourth-order valence-corrected chi connectivity index (χ4v) is 1.92. The highest BCUT2D eigenvalue weighted by atomic mass is 15.2. The number of aromatic amines is 1. The fourth-order valence-electron chi connectivity index (χ4n) is 1.92. The zero-order valence-electron chi connectivity index (χ0n) is 9.69. The Balaban J connectivity index is 1.65. The maximum Gasteiger partial charge on any atom is 0.155 e. The fraction of sp³-hybridized carbons (Fsp3) is 0.385. The lowest BCUT2D eigenvalue weighted by molar-refractivity contribution is 0.639. The molecule has 1 aliphatic rings. The first kappa shape index (κ1) is 10.5. The summed E-state index contributed by atoms with van der Waals surface area (Å²) in [5.74, 6) is 1.75. The third-order valence-electron chi connectivity index (χ3n) is 3.07. The van der Waals surface area contributed by atoms with Crippen molar-refractivity contribution in [3.8, 4) is 11.4 Å². The minimum atomic E-state index is 0.828. The average Bonchev–Trinajstić information content (AvgIpc) is 3.02. The molecule has 1 heterocycles. The third-order valence-corrected chi connectivity index (χ3v) is 3.07. The van der Waals surface area contributed by atoms with Crippen LogP contribution in [0.3, 0.4) is 0 Å². The van der Waals surface area contributed by atoms with Crippen LogP contribution < -0.4 is 5.32 Å². The molecule has 1 saturated carbocycles. The lowest BCUT2D eigenvalue weighted by Gasteiger charge is -2.05. The second-order valence-electron chi connectivity index (χ2n) is 4.61. The van der Waals surface area contributed by atoms with Crippen molar-refractivity contribution in [3.05, 3.63) is 36.2 Å². The lowest BCUT2D eigenvalue weighted by Crippen LogP contribution is -2.15. The molecule has 4 heteroatoms. The first-order chi connectivity index (χ1) is 8.42. The van der Waals surface area contributed by atoms with Crippen LogP contribution >= 0.6 is 0 Å². The zero-order valence-corrected chi connectivity index (χ0v) is 9.69. The van der Waals surface area contributed by atoms with Crippen LogP contribution in [-0.2, 0) is 6.54 Å². The molecule has 1 fully saturated rings. The van der Waals surface area contributed by atoms with Crippen molar-refractivity contribution < 1.29 is 0 Å². The summed E-state index contributed by atoms with van der Waals surface area (Å²) in [5, 5.41) is 10.2. The van der Waals surface area contributed by atoms with Crippen molar-refractivity contribution in [2.45, 2.75) is 19.4 Å². The van der Waals surface area contributed by atoms with Gasteiger partial charge in [-0.25, -0.2) is 4.98 Å². The van der Waals surface area contributed by atoms with Crippen LogP contribution in [-0.4, -0.2) is 21.7 Å². The molecular formula is C13H16N4. The van der Waals surface area contributed by atoms with Gasteiger partial charge in [0.05, 0.1) is 0 Å². The lowest BCUT2D eigenvalue weighted by atomic mass is 10.1. The summed E-state index contributed by atoms with van der Waals surface area (Å²) in [7, 11) is 0. The topological polar surface area (TPSA) is 53.6 Å². The monoisotopic (exact) mass is 228 g/mol. The Labute approximate surface area is 100 Å². The van der Waals surface area contributed by atoms with Crippen molar-refractivity contribution in [1.82, 2.24) is 20.5 Å². The maximum atomic E-state index is 4.16. The Hall–Kier alpha value is -1.68. The number of nitrogens with zero attached hydrogens (tertiary/aromatic N) is 2. The minimum Gasteiger partial charge on any atom is -0.312 e. The summed E-state index contributed by atoms with van der Waals surface area (Å²) in [6.07, 6.45) is 4.32. The van der Waals surface area contributed by atoms with E-state index in [1.54, 1.807) is 0 Å². The molecule has 2 aromatic rings. The van der Waals surface area contributed by atoms with Crippen molar-refractivity contribution in [1.29, 1.82) is 0 Å². The Morgan fingerprint density at radius 1 is 1.35 bits per heavy atom. The van der Waals surface area contributed by atoms with Gasteiger partial charge in [-0.15, -0.1) is 0 Å². The Bertz CT molecular complexity index is 474. The van der Waals surface area contributed by atoms with Gasteiger partial charge in [0.1, 0.15) is 6.33 Å². The molecule has 17 heavy (non-hydrogen) atoms. The van der Waals surface area contributed by atoms with E-state index in [1.807, 2.05) is 6.07 Å². The molecule has 0 unspecified atom stereocenters. The highest BCUT2D eigenvalue weighted by Crippen LogP contribution is 2.27. The summed E-state index contributed by atoms with van der Waals surface area (Å²) in [6, 6.07) is 8.40. The number of H-pyrrole nitrogens is 1. The van der Waals surface area contributed by atoms with E-state index in [0.717, 1.165) is 30.4 Å². The molecule has 0 aliphatic heterocycles. The number of nitrogens with one attached hydrogen (secondary N) is 2. The number of rotatable bonds is 5. The number of aromatic nitrogens is 3. The number of hydrogen-bond donors (Lipinski definition) is 2. The van der Waals surface area contributed by atoms with Gasteiger partial charge in [0.2, 0.25) is 0 Å². The van der Waals surface area contributed by atoms with Gasteiger partial charge >= 0.3 is 0 Å². The highest BCUT2D eigenvalue weighted by Gasteiger charge is 2.20. The van der Waals surface area contributed by atoms with Crippen molar-refractivity contribution in [3.63, 3.8) is 0 Å². The number of benzene rings is 1. The Kier molecular flexibility index (Phi) is 2.88. The summed E-state index contributed by atoms with van der Waals surface area (Å²) in [6.45, 7) is 2.07. The standard InChI is InChI=1S/C13H16N4/c1-2-11(8-14-7-10-4-5-10)6-12(3-1)13-15-9-16-17-13/h1-3,6,9-10,14H,4-5,7-8H2,(H,15,16,17). The quantitative estimate of drug-likeness (QED) is 0.822. The van der Waals surface area contributed by atoms with E-state index >= 15 is 0 Å². The first-order valence-electron chi connectivity index (χ1n) is 6.07. The minimum absolute atomic E-state index is 0.828. The van der Waals surface area contributed by atoms with Crippen LogP contribution in [0.25, 0.3) is 11.4 Å². The van der Waals surface area contributed by atoms with Crippen LogP contribution in [0.15, 0.2) is 30.6 Å². The molecule has 0 bridgehead atoms. The van der Waals surface area contributed by atoms with E-state index in [1.165, 1.54) is 24.7 Å². The van der Waals surface area contributed by atoms with E-state index in [9.17, 15) is 0 Å². The highest BCUT2D eigenvalue weighted by molar-refractivity contribution is 5.55. The molecular weight excluding hydrogens is 212 g/mol. The van der Waals surface area contributed by atoms with Gasteiger partial charge in [-0.2, -0.15) is 5.10 Å². The molecule has 0 saturated heterocycles. The number of hydrogen-bond acceptors (Lipinski definition) is 3. The van der Waals surface area contributed by atoms with E-state index in [-0.39, 0.29) is 0 Å². The van der Waals surface area contributed by atoms with Gasteiger partial charge in [-0.1, -0.05) is 18.2 Å². The van der Waals surface area contributed by atoms with E-state index in [0.29, 0.717) is 0 Å².